The second kappa shape index (κ2) is 25.6. The van der Waals surface area contributed by atoms with Crippen LogP contribution in [-0.4, -0.2) is 223 Å². The lowest BCUT2D eigenvalue weighted by Gasteiger charge is -2.46. The monoisotopic (exact) mass is 1150 g/mol. The van der Waals surface area contributed by atoms with Gasteiger partial charge >= 0.3 is 5.97 Å². The number of hydrogen-bond donors (Lipinski definition) is 10. The summed E-state index contributed by atoms with van der Waals surface area (Å²) in [5.74, 6) is -4.80. The number of carbonyl (C=O) groups excluding carboxylic acids is 3. The van der Waals surface area contributed by atoms with Gasteiger partial charge in [0, 0.05) is 56.8 Å². The molecule has 2 aromatic rings. The minimum Gasteiger partial charge on any atom is -0.507 e. The molecule has 10 N–H and O–H groups in total. The van der Waals surface area contributed by atoms with Crippen molar-refractivity contribution in [1.29, 1.82) is 0 Å². The number of rotatable bonds is 17. The Bertz CT molecular complexity index is 2570. The maximum Gasteiger partial charge on any atom is 0.330 e. The van der Waals surface area contributed by atoms with Gasteiger partial charge in [-0.25, -0.2) is 4.79 Å². The lowest BCUT2D eigenvalue weighted by molar-refractivity contribution is -0.334. The minimum absolute atomic E-state index is 0.0485. The molecule has 0 unspecified atom stereocenters. The molecule has 0 amide bonds. The average Bonchev–Trinajstić information content (AvgIpc) is 2.79. The largest absolute Gasteiger partial charge is 0.507 e. The second-order valence-electron chi connectivity index (χ2n) is 22.6. The van der Waals surface area contributed by atoms with Crippen molar-refractivity contribution in [3.8, 4) is 17.2 Å². The van der Waals surface area contributed by atoms with Crippen molar-refractivity contribution in [3.05, 3.63) is 41.0 Å². The van der Waals surface area contributed by atoms with Crippen molar-refractivity contribution in [2.45, 2.75) is 248 Å². The van der Waals surface area contributed by atoms with Gasteiger partial charge in [-0.15, -0.1) is 0 Å². The van der Waals surface area contributed by atoms with Gasteiger partial charge in [0.15, 0.2) is 36.7 Å². The number of aliphatic hydroxyl groups excluding tert-OH is 7. The quantitative estimate of drug-likeness (QED) is 0.0776. The second-order valence-corrected chi connectivity index (χ2v) is 22.6. The first-order chi connectivity index (χ1) is 38.1. The van der Waals surface area contributed by atoms with Gasteiger partial charge in [0.05, 0.1) is 71.5 Å². The lowest BCUT2D eigenvalue weighted by atomic mass is 9.75. The summed E-state index contributed by atoms with van der Waals surface area (Å²) in [4.78, 5) is 41.3. The van der Waals surface area contributed by atoms with Crippen molar-refractivity contribution in [2.24, 2.45) is 5.92 Å². The average molecular weight is 1150 g/mol. The third kappa shape index (κ3) is 13.4. The highest BCUT2D eigenvalue weighted by molar-refractivity contribution is 6.11. The summed E-state index contributed by atoms with van der Waals surface area (Å²) in [5, 5.41) is 111. The molecule has 5 saturated heterocycles. The van der Waals surface area contributed by atoms with E-state index in [1.54, 1.807) is 34.6 Å². The van der Waals surface area contributed by atoms with Crippen LogP contribution in [0.15, 0.2) is 24.3 Å². The molecule has 5 heterocycles. The van der Waals surface area contributed by atoms with Crippen molar-refractivity contribution >= 4 is 28.3 Å². The summed E-state index contributed by atoms with van der Waals surface area (Å²) in [6.45, 7) is 13.7. The summed E-state index contributed by atoms with van der Waals surface area (Å²) in [6, 6.07) is 3.02. The van der Waals surface area contributed by atoms with Crippen molar-refractivity contribution in [1.82, 2.24) is 0 Å². The number of allylic oxidation sites excluding steroid dienone is 1. The Balaban J connectivity index is 1.03. The summed E-state index contributed by atoms with van der Waals surface area (Å²) in [5.41, 5.74) is -1.52. The zero-order valence-corrected chi connectivity index (χ0v) is 47.0. The first-order valence-corrected chi connectivity index (χ1v) is 27.6. The van der Waals surface area contributed by atoms with Crippen LogP contribution in [0.1, 0.15) is 109 Å². The van der Waals surface area contributed by atoms with Crippen LogP contribution < -0.4 is 4.74 Å². The van der Waals surface area contributed by atoms with Crippen LogP contribution in [0.5, 0.6) is 17.2 Å². The molecule has 25 nitrogen and oxygen atoms in total. The molecule has 2 aromatic carbocycles. The third-order valence-electron chi connectivity index (χ3n) is 16.4. The molecule has 6 aliphatic rings. The van der Waals surface area contributed by atoms with E-state index in [0.717, 1.165) is 0 Å². The molecule has 5 aliphatic heterocycles. The fourth-order valence-corrected chi connectivity index (χ4v) is 11.8. The standard InChI is InChI=1S/C56H80O25/c1-11-12-36(58)76-32-16-38(72-23(4)46(32)61)78-33-17-37(71-24(5)47(33)62)77-31-15-29-13-28-14-30(53(70-10)52(67)45(60)22(3)57)54(51(66)43(28)50(65)42(29)44(59)21(31)2)81-40-19-34(48(63)26(7)74-40)79-39-18-35(49(64)25(6)73-39)80-41-20-56(9,69)55(68)27(8)75-41/h11-13,15,22-27,30,32-35,37-41,45-49,53-55,57,59-65,68-69H,14,16-20H2,1-10H3/b12-11+/t22-,23-,24-,25-,26-,27-,30+,32-,33-,34-,35-,37+,38+,39+,40+,41+,45+,46-,47-,48-,49+,53+,54+,55-,56+/m1/s1. The highest BCUT2D eigenvalue weighted by Gasteiger charge is 2.52. The Labute approximate surface area is 468 Å². The van der Waals surface area contributed by atoms with Crippen LogP contribution >= 0.6 is 0 Å². The molecule has 25 heteroatoms. The summed E-state index contributed by atoms with van der Waals surface area (Å²) in [6.07, 6.45) is -24.6. The number of phenolic OH excluding ortho intramolecular Hbond substituents is 2. The Morgan fingerprint density at radius 1 is 0.704 bits per heavy atom. The summed E-state index contributed by atoms with van der Waals surface area (Å²) < 4.78 is 72.4. The molecule has 0 spiro atoms. The van der Waals surface area contributed by atoms with E-state index < -0.39 is 182 Å². The minimum atomic E-state index is -1.96. The highest BCUT2D eigenvalue weighted by Crippen LogP contribution is 2.48. The Hall–Kier alpha value is -4.07. The number of aromatic hydroxyl groups is 2. The van der Waals surface area contributed by atoms with Crippen LogP contribution in [0.3, 0.4) is 0 Å². The van der Waals surface area contributed by atoms with E-state index in [1.165, 1.54) is 59.1 Å². The number of hydrogen-bond acceptors (Lipinski definition) is 25. The zero-order chi connectivity index (χ0) is 59.3. The zero-order valence-electron chi connectivity index (χ0n) is 47.0. The number of carbonyl (C=O) groups is 3. The van der Waals surface area contributed by atoms with Crippen molar-refractivity contribution < 1.29 is 122 Å². The topological polar surface area (TPSA) is 364 Å². The van der Waals surface area contributed by atoms with Crippen molar-refractivity contribution in [3.63, 3.8) is 0 Å². The van der Waals surface area contributed by atoms with Gasteiger partial charge in [-0.1, -0.05) is 6.08 Å². The summed E-state index contributed by atoms with van der Waals surface area (Å²) in [7, 11) is 1.18. The predicted molar refractivity (Wildman–Crippen MR) is 277 cm³/mol. The molecule has 0 saturated carbocycles. The van der Waals surface area contributed by atoms with Crippen LogP contribution in [0, 0.1) is 12.8 Å². The number of fused-ring (bicyclic) bond motifs is 2. The van der Waals surface area contributed by atoms with Crippen LogP contribution in [0.25, 0.3) is 10.8 Å². The van der Waals surface area contributed by atoms with E-state index in [9.17, 15) is 60.7 Å². The SMILES string of the molecule is C/C=C/C(=O)O[C@@H]1C[C@H](O[C@@H]2C[C@H](Oc3cc4cc5c(c(O)c4c(O)c3C)C(=O)[C@@H](O[C@H]3C[C@@H](O[C@H]4C[C@@H](O[C@H]6C[C@](C)(O)[C@H](O)[C@@H](C)O6)[C@@H](O)[C@@H](C)O4)[C@H](O)[C@@H](C)O3)[C@H]([C@H](OC)C(=O)[C@@H](O)[C@@H](C)O)C5)O[C@H](C)[C@H]2O)O[C@H](C)[C@H]1O. The number of phenols is 2. The van der Waals surface area contributed by atoms with E-state index >= 15 is 4.79 Å². The number of Topliss-reactive ketones (excluding diaryl/α,β-unsaturated/α-hetero) is 2. The van der Waals surface area contributed by atoms with Crippen molar-refractivity contribution in [2.75, 3.05) is 7.11 Å². The molecule has 25 atom stereocenters. The number of esters is 1. The maximum absolute atomic E-state index is 15.1. The van der Waals surface area contributed by atoms with E-state index in [0.29, 0.717) is 0 Å². The van der Waals surface area contributed by atoms with E-state index in [1.807, 2.05) is 0 Å². The van der Waals surface area contributed by atoms with E-state index in [-0.39, 0.29) is 71.7 Å². The smallest absolute Gasteiger partial charge is 0.330 e. The van der Waals surface area contributed by atoms with Crippen LogP contribution in [-0.2, 0) is 68.1 Å². The lowest BCUT2D eigenvalue weighted by Crippen LogP contribution is -2.58. The Morgan fingerprint density at radius 2 is 1.19 bits per heavy atom. The number of ether oxygens (including phenoxy) is 12. The number of ketones is 2. The Morgan fingerprint density at radius 3 is 1.70 bits per heavy atom. The van der Waals surface area contributed by atoms with Crippen LogP contribution in [0.2, 0.25) is 0 Å². The van der Waals surface area contributed by atoms with E-state index in [2.05, 4.69) is 0 Å². The first kappa shape index (κ1) is 63.0. The predicted octanol–water partition coefficient (Wildman–Crippen LogP) is 0.878. The molecule has 0 aromatic heterocycles. The van der Waals surface area contributed by atoms with Gasteiger partial charge in [0.25, 0.3) is 0 Å². The molecule has 8 rings (SSSR count). The van der Waals surface area contributed by atoms with Gasteiger partial charge in [-0.3, -0.25) is 9.59 Å². The van der Waals surface area contributed by atoms with Gasteiger partial charge in [0.2, 0.25) is 6.29 Å². The number of methoxy groups -OCH3 is 1. The van der Waals surface area contributed by atoms with Gasteiger partial charge in [-0.2, -0.15) is 0 Å². The Kier molecular flexibility index (Phi) is 19.9. The van der Waals surface area contributed by atoms with Crippen LogP contribution in [0.4, 0.5) is 0 Å². The van der Waals surface area contributed by atoms with E-state index in [4.69, 9.17) is 56.8 Å². The molecule has 5 fully saturated rings. The number of benzene rings is 2. The van der Waals surface area contributed by atoms with Gasteiger partial charge in [0.1, 0.15) is 72.2 Å². The maximum atomic E-state index is 15.1. The molecule has 1 aliphatic carbocycles. The first-order valence-electron chi connectivity index (χ1n) is 27.6. The molecular weight excluding hydrogens is 1070 g/mol. The normalized spacial score (nSPS) is 40.6. The fourth-order valence-electron chi connectivity index (χ4n) is 11.8. The molecule has 0 radical (unpaired) electrons. The molecule has 0 bridgehead atoms. The van der Waals surface area contributed by atoms with Gasteiger partial charge < -0.3 is 108 Å². The molecule has 81 heavy (non-hydrogen) atoms. The van der Waals surface area contributed by atoms with Gasteiger partial charge in [-0.05, 0) is 91.8 Å². The molecular formula is C56H80O25. The summed E-state index contributed by atoms with van der Waals surface area (Å²) >= 11 is 0. The molecule has 454 valence electrons. The number of aliphatic hydroxyl groups is 8. The fraction of sp³-hybridized carbons (Fsp3) is 0.732. The third-order valence-corrected chi connectivity index (χ3v) is 16.4. The highest BCUT2D eigenvalue weighted by atomic mass is 16.7.